The van der Waals surface area contributed by atoms with Crippen molar-refractivity contribution in [2.75, 3.05) is 6.54 Å². The summed E-state index contributed by atoms with van der Waals surface area (Å²) in [5.74, 6) is 0.294. The van der Waals surface area contributed by atoms with E-state index < -0.39 is 10.8 Å². The highest BCUT2D eigenvalue weighted by atomic mass is 16.6. The fraction of sp³-hybridized carbons (Fsp3) is 0.125. The van der Waals surface area contributed by atoms with Gasteiger partial charge in [0.25, 0.3) is 11.6 Å². The van der Waals surface area contributed by atoms with Gasteiger partial charge in [-0.3, -0.25) is 14.9 Å². The predicted octanol–water partition coefficient (Wildman–Crippen LogP) is 2.44. The summed E-state index contributed by atoms with van der Waals surface area (Å²) < 4.78 is 0. The molecular formula is C16H14N4O3. The number of imidazole rings is 1. The van der Waals surface area contributed by atoms with Crippen LogP contribution >= 0.6 is 0 Å². The van der Waals surface area contributed by atoms with Crippen LogP contribution in [0.4, 0.5) is 5.69 Å². The zero-order chi connectivity index (χ0) is 16.2. The van der Waals surface area contributed by atoms with Gasteiger partial charge >= 0.3 is 0 Å². The van der Waals surface area contributed by atoms with Crippen molar-refractivity contribution < 1.29 is 9.72 Å². The summed E-state index contributed by atoms with van der Waals surface area (Å²) in [6.45, 7) is 0.338. The maximum absolute atomic E-state index is 12.1. The lowest BCUT2D eigenvalue weighted by atomic mass is 10.1. The minimum absolute atomic E-state index is 0.0575. The summed E-state index contributed by atoms with van der Waals surface area (Å²) in [5.41, 5.74) is 1.66. The SMILES string of the molecule is O=C(NCCc1nc2ccccc2[nH]1)c1ccccc1[N+](=O)[O-]. The fourth-order valence-corrected chi connectivity index (χ4v) is 2.34. The van der Waals surface area contributed by atoms with Gasteiger partial charge in [-0.25, -0.2) is 4.98 Å². The molecule has 0 aliphatic heterocycles. The van der Waals surface area contributed by atoms with E-state index in [1.165, 1.54) is 18.2 Å². The Kier molecular flexibility index (Phi) is 4.01. The predicted molar refractivity (Wildman–Crippen MR) is 85.2 cm³/mol. The topological polar surface area (TPSA) is 101 Å². The molecule has 0 aliphatic carbocycles. The van der Waals surface area contributed by atoms with Gasteiger partial charge in [0, 0.05) is 19.0 Å². The number of nitrogens with zero attached hydrogens (tertiary/aromatic N) is 2. The number of aromatic nitrogens is 2. The quantitative estimate of drug-likeness (QED) is 0.558. The largest absolute Gasteiger partial charge is 0.351 e. The van der Waals surface area contributed by atoms with Crippen LogP contribution in [0.15, 0.2) is 48.5 Å². The molecule has 0 spiro atoms. The first-order chi connectivity index (χ1) is 11.1. The summed E-state index contributed by atoms with van der Waals surface area (Å²) in [4.78, 5) is 30.0. The van der Waals surface area contributed by atoms with Crippen LogP contribution in [0.25, 0.3) is 11.0 Å². The zero-order valence-corrected chi connectivity index (χ0v) is 12.2. The van der Waals surface area contributed by atoms with Gasteiger partial charge in [0.1, 0.15) is 11.4 Å². The van der Waals surface area contributed by atoms with Gasteiger partial charge in [0.05, 0.1) is 16.0 Å². The molecule has 1 aromatic heterocycles. The van der Waals surface area contributed by atoms with Gasteiger partial charge in [0.2, 0.25) is 0 Å². The third-order valence-electron chi connectivity index (χ3n) is 3.43. The molecule has 23 heavy (non-hydrogen) atoms. The number of fused-ring (bicyclic) bond motifs is 1. The Hall–Kier alpha value is -3.22. The van der Waals surface area contributed by atoms with Gasteiger partial charge in [-0.1, -0.05) is 24.3 Å². The molecule has 1 heterocycles. The van der Waals surface area contributed by atoms with Gasteiger partial charge in [-0.2, -0.15) is 0 Å². The number of para-hydroxylation sites is 3. The monoisotopic (exact) mass is 310 g/mol. The Bertz CT molecular complexity index is 839. The van der Waals surface area contributed by atoms with E-state index in [0.717, 1.165) is 16.9 Å². The van der Waals surface area contributed by atoms with Crippen molar-refractivity contribution in [1.82, 2.24) is 15.3 Å². The highest BCUT2D eigenvalue weighted by molar-refractivity contribution is 5.98. The number of benzene rings is 2. The van der Waals surface area contributed by atoms with Crippen LogP contribution in [-0.2, 0) is 6.42 Å². The number of hydrogen-bond donors (Lipinski definition) is 2. The highest BCUT2D eigenvalue weighted by Gasteiger charge is 2.18. The smallest absolute Gasteiger partial charge is 0.282 e. The Balaban J connectivity index is 1.64. The van der Waals surface area contributed by atoms with E-state index in [-0.39, 0.29) is 11.3 Å². The number of nitro groups is 1. The highest BCUT2D eigenvalue weighted by Crippen LogP contribution is 2.17. The number of aromatic amines is 1. The van der Waals surface area contributed by atoms with Crippen molar-refractivity contribution in [2.45, 2.75) is 6.42 Å². The number of carbonyl (C=O) groups is 1. The van der Waals surface area contributed by atoms with Crippen molar-refractivity contribution in [3.63, 3.8) is 0 Å². The summed E-state index contributed by atoms with van der Waals surface area (Å²) >= 11 is 0. The average molecular weight is 310 g/mol. The zero-order valence-electron chi connectivity index (χ0n) is 12.2. The van der Waals surface area contributed by atoms with E-state index in [4.69, 9.17) is 0 Å². The maximum atomic E-state index is 12.1. The molecule has 116 valence electrons. The maximum Gasteiger partial charge on any atom is 0.282 e. The van der Waals surface area contributed by atoms with E-state index >= 15 is 0 Å². The number of carbonyl (C=O) groups excluding carboxylic acids is 1. The molecule has 0 atom stereocenters. The number of rotatable bonds is 5. The lowest BCUT2D eigenvalue weighted by Gasteiger charge is -2.04. The minimum atomic E-state index is -0.561. The second kappa shape index (κ2) is 6.27. The molecule has 0 fully saturated rings. The molecule has 0 saturated heterocycles. The first-order valence-corrected chi connectivity index (χ1v) is 7.10. The molecule has 2 N–H and O–H groups in total. The second-order valence-electron chi connectivity index (χ2n) is 4.98. The molecule has 0 bridgehead atoms. The molecule has 3 rings (SSSR count). The summed E-state index contributed by atoms with van der Waals surface area (Å²) in [6.07, 6.45) is 0.515. The van der Waals surface area contributed by atoms with Crippen molar-refractivity contribution >= 4 is 22.6 Å². The molecule has 0 unspecified atom stereocenters. The molecule has 0 radical (unpaired) electrons. The Labute approximate surface area is 131 Å². The van der Waals surface area contributed by atoms with Gasteiger partial charge in [-0.15, -0.1) is 0 Å². The molecule has 0 saturated carbocycles. The van der Waals surface area contributed by atoms with Crippen LogP contribution < -0.4 is 5.32 Å². The van der Waals surface area contributed by atoms with E-state index in [1.807, 2.05) is 24.3 Å². The van der Waals surface area contributed by atoms with E-state index in [0.29, 0.717) is 13.0 Å². The van der Waals surface area contributed by atoms with Crippen molar-refractivity contribution in [2.24, 2.45) is 0 Å². The van der Waals surface area contributed by atoms with Crippen LogP contribution in [0, 0.1) is 10.1 Å². The van der Waals surface area contributed by atoms with E-state index in [2.05, 4.69) is 15.3 Å². The number of nitro benzene ring substituents is 1. The van der Waals surface area contributed by atoms with Crippen molar-refractivity contribution in [1.29, 1.82) is 0 Å². The first-order valence-electron chi connectivity index (χ1n) is 7.10. The van der Waals surface area contributed by atoms with Crippen LogP contribution in [0.2, 0.25) is 0 Å². The number of H-pyrrole nitrogens is 1. The molecular weight excluding hydrogens is 296 g/mol. The summed E-state index contributed by atoms with van der Waals surface area (Å²) in [7, 11) is 0. The van der Waals surface area contributed by atoms with Crippen molar-refractivity contribution in [3.8, 4) is 0 Å². The molecule has 0 aliphatic rings. The standard InChI is InChI=1S/C16H14N4O3/c21-16(11-5-1-4-8-14(11)20(22)23)17-10-9-15-18-12-6-2-3-7-13(12)19-15/h1-8H,9-10H2,(H,17,21)(H,18,19). The van der Waals surface area contributed by atoms with Crippen molar-refractivity contribution in [3.05, 3.63) is 70.0 Å². The summed E-state index contributed by atoms with van der Waals surface area (Å²) in [5, 5.41) is 13.6. The molecule has 2 aromatic carbocycles. The molecule has 7 nitrogen and oxygen atoms in total. The lowest BCUT2D eigenvalue weighted by Crippen LogP contribution is -2.26. The van der Waals surface area contributed by atoms with Crippen LogP contribution in [-0.4, -0.2) is 27.3 Å². The Morgan fingerprint density at radius 2 is 1.91 bits per heavy atom. The van der Waals surface area contributed by atoms with Gasteiger partial charge in [-0.05, 0) is 18.2 Å². The normalized spacial score (nSPS) is 10.6. The number of nitrogens with one attached hydrogen (secondary N) is 2. The molecule has 7 heteroatoms. The van der Waals surface area contributed by atoms with Gasteiger partial charge in [0.15, 0.2) is 0 Å². The lowest BCUT2D eigenvalue weighted by molar-refractivity contribution is -0.385. The third kappa shape index (κ3) is 3.18. The first kappa shape index (κ1) is 14.7. The Morgan fingerprint density at radius 3 is 2.70 bits per heavy atom. The Morgan fingerprint density at radius 1 is 1.17 bits per heavy atom. The third-order valence-corrected chi connectivity index (χ3v) is 3.43. The van der Waals surface area contributed by atoms with Crippen LogP contribution in [0.1, 0.15) is 16.2 Å². The van der Waals surface area contributed by atoms with Crippen LogP contribution in [0.3, 0.4) is 0 Å². The van der Waals surface area contributed by atoms with Crippen LogP contribution in [0.5, 0.6) is 0 Å². The van der Waals surface area contributed by atoms with Gasteiger partial charge < -0.3 is 10.3 Å². The van der Waals surface area contributed by atoms with E-state index in [9.17, 15) is 14.9 Å². The van der Waals surface area contributed by atoms with E-state index in [1.54, 1.807) is 6.07 Å². The molecule has 1 amide bonds. The fourth-order valence-electron chi connectivity index (χ4n) is 2.34. The second-order valence-corrected chi connectivity index (χ2v) is 4.98. The number of hydrogen-bond acceptors (Lipinski definition) is 4. The minimum Gasteiger partial charge on any atom is -0.351 e. The number of amides is 1. The summed E-state index contributed by atoms with van der Waals surface area (Å²) in [6, 6.07) is 13.5. The molecule has 3 aromatic rings. The average Bonchev–Trinajstić information content (AvgIpc) is 2.97.